The second kappa shape index (κ2) is 6.16. The first kappa shape index (κ1) is 13.4. The molecule has 0 heterocycles. The molecule has 0 fully saturated rings. The maximum absolute atomic E-state index is 11.9. The Morgan fingerprint density at radius 1 is 1.38 bits per heavy atom. The van der Waals surface area contributed by atoms with Gasteiger partial charge in [-0.1, -0.05) is 30.7 Å². The van der Waals surface area contributed by atoms with Crippen molar-refractivity contribution in [3.63, 3.8) is 0 Å². The van der Waals surface area contributed by atoms with E-state index in [9.17, 15) is 9.00 Å². The van der Waals surface area contributed by atoms with Crippen molar-refractivity contribution in [3.8, 4) is 0 Å². The van der Waals surface area contributed by atoms with Crippen LogP contribution < -0.4 is 0 Å². The summed E-state index contributed by atoms with van der Waals surface area (Å²) < 4.78 is 11.9. The molecule has 0 saturated heterocycles. The Balaban J connectivity index is 2.64. The quantitative estimate of drug-likeness (QED) is 0.814. The maximum atomic E-state index is 11.9. The van der Waals surface area contributed by atoms with Gasteiger partial charge in [0.05, 0.1) is 5.25 Å². The van der Waals surface area contributed by atoms with Gasteiger partial charge in [-0.05, 0) is 24.6 Å². The molecule has 16 heavy (non-hydrogen) atoms. The molecule has 0 saturated carbocycles. The van der Waals surface area contributed by atoms with Gasteiger partial charge in [-0.15, -0.1) is 0 Å². The van der Waals surface area contributed by atoms with Crippen LogP contribution in [0.5, 0.6) is 0 Å². The highest BCUT2D eigenvalue weighted by molar-refractivity contribution is 7.85. The molecule has 2 atom stereocenters. The number of rotatable bonds is 5. The highest BCUT2D eigenvalue weighted by atomic mass is 35.5. The average Bonchev–Trinajstić information content (AvgIpc) is 2.30. The fourth-order valence-electron chi connectivity index (χ4n) is 1.30. The zero-order valence-electron chi connectivity index (χ0n) is 9.40. The summed E-state index contributed by atoms with van der Waals surface area (Å²) in [5.41, 5.74) is 0.943. The van der Waals surface area contributed by atoms with Gasteiger partial charge in [0.25, 0.3) is 0 Å². The Bertz CT molecular complexity index is 387. The average molecular weight is 259 g/mol. The van der Waals surface area contributed by atoms with Gasteiger partial charge in [0.1, 0.15) is 5.78 Å². The third-order valence-corrected chi connectivity index (χ3v) is 4.34. The lowest BCUT2D eigenvalue weighted by Crippen LogP contribution is -2.22. The SMILES string of the molecule is CCC(=O)C(C)S(=O)Cc1ccc(Cl)cc1. The Morgan fingerprint density at radius 2 is 1.94 bits per heavy atom. The summed E-state index contributed by atoms with van der Waals surface area (Å²) in [6, 6.07) is 7.20. The van der Waals surface area contributed by atoms with Crippen LogP contribution in [0.25, 0.3) is 0 Å². The zero-order chi connectivity index (χ0) is 12.1. The monoisotopic (exact) mass is 258 g/mol. The van der Waals surface area contributed by atoms with Crippen molar-refractivity contribution >= 4 is 28.2 Å². The van der Waals surface area contributed by atoms with Gasteiger partial charge in [0, 0.05) is 28.0 Å². The van der Waals surface area contributed by atoms with E-state index in [0.717, 1.165) is 5.56 Å². The van der Waals surface area contributed by atoms with Gasteiger partial charge in [0.15, 0.2) is 0 Å². The number of halogens is 1. The van der Waals surface area contributed by atoms with Crippen LogP contribution in [0.1, 0.15) is 25.8 Å². The van der Waals surface area contributed by atoms with E-state index in [1.54, 1.807) is 26.0 Å². The molecule has 0 aromatic heterocycles. The predicted molar refractivity (Wildman–Crippen MR) is 68.1 cm³/mol. The Hall–Kier alpha value is -0.670. The van der Waals surface area contributed by atoms with Gasteiger partial charge >= 0.3 is 0 Å². The highest BCUT2D eigenvalue weighted by Crippen LogP contribution is 2.13. The zero-order valence-corrected chi connectivity index (χ0v) is 11.0. The van der Waals surface area contributed by atoms with Gasteiger partial charge in [-0.3, -0.25) is 9.00 Å². The van der Waals surface area contributed by atoms with Gasteiger partial charge < -0.3 is 0 Å². The molecule has 0 N–H and O–H groups in total. The van der Waals surface area contributed by atoms with Crippen LogP contribution in [0.3, 0.4) is 0 Å². The molecule has 0 aliphatic heterocycles. The van der Waals surface area contributed by atoms with Crippen molar-refractivity contribution < 1.29 is 9.00 Å². The molecule has 0 aliphatic rings. The number of benzene rings is 1. The molecule has 1 rings (SSSR count). The normalized spacial score (nSPS) is 14.4. The molecule has 0 aliphatic carbocycles. The minimum Gasteiger partial charge on any atom is -0.298 e. The van der Waals surface area contributed by atoms with Crippen LogP contribution >= 0.6 is 11.6 Å². The summed E-state index contributed by atoms with van der Waals surface area (Å²) in [5.74, 6) is 0.455. The predicted octanol–water partition coefficient (Wildman–Crippen LogP) is 2.96. The molecular formula is C12H15ClO2S. The van der Waals surface area contributed by atoms with Crippen LogP contribution in [0.4, 0.5) is 0 Å². The maximum Gasteiger partial charge on any atom is 0.147 e. The molecule has 2 nitrogen and oxygen atoms in total. The standard InChI is InChI=1S/C12H15ClO2S/c1-3-12(14)9(2)16(15)8-10-4-6-11(13)7-5-10/h4-7,9H,3,8H2,1-2H3. The largest absolute Gasteiger partial charge is 0.298 e. The van der Waals surface area contributed by atoms with Crippen LogP contribution in [-0.2, 0) is 21.3 Å². The minimum absolute atomic E-state index is 0.0484. The van der Waals surface area contributed by atoms with E-state index < -0.39 is 10.8 Å². The van der Waals surface area contributed by atoms with Crippen molar-refractivity contribution in [2.75, 3.05) is 0 Å². The molecule has 4 heteroatoms. The number of Topliss-reactive ketones (excluding diaryl/α,β-unsaturated/α-hetero) is 1. The van der Waals surface area contributed by atoms with E-state index in [4.69, 9.17) is 11.6 Å². The summed E-state index contributed by atoms with van der Waals surface area (Å²) in [7, 11) is -1.14. The van der Waals surface area contributed by atoms with Gasteiger partial charge in [-0.25, -0.2) is 0 Å². The lowest BCUT2D eigenvalue weighted by atomic mass is 10.2. The fourth-order valence-corrected chi connectivity index (χ4v) is 2.66. The first-order valence-electron chi connectivity index (χ1n) is 5.19. The third kappa shape index (κ3) is 3.72. The fraction of sp³-hybridized carbons (Fsp3) is 0.417. The summed E-state index contributed by atoms with van der Waals surface area (Å²) >= 11 is 5.75. The van der Waals surface area contributed by atoms with E-state index in [-0.39, 0.29) is 11.0 Å². The molecule has 0 bridgehead atoms. The van der Waals surface area contributed by atoms with Crippen LogP contribution in [-0.4, -0.2) is 15.2 Å². The molecular weight excluding hydrogens is 244 g/mol. The number of hydrogen-bond acceptors (Lipinski definition) is 2. The van der Waals surface area contributed by atoms with Crippen LogP contribution in [0.15, 0.2) is 24.3 Å². The number of hydrogen-bond donors (Lipinski definition) is 0. The first-order valence-corrected chi connectivity index (χ1v) is 6.95. The van der Waals surface area contributed by atoms with Crippen LogP contribution in [0, 0.1) is 0 Å². The number of ketones is 1. The summed E-state index contributed by atoms with van der Waals surface area (Å²) in [4.78, 5) is 11.4. The third-order valence-electron chi connectivity index (χ3n) is 2.42. The van der Waals surface area contributed by atoms with Crippen molar-refractivity contribution in [1.29, 1.82) is 0 Å². The Morgan fingerprint density at radius 3 is 2.44 bits per heavy atom. The summed E-state index contributed by atoms with van der Waals surface area (Å²) in [6.07, 6.45) is 0.438. The second-order valence-electron chi connectivity index (χ2n) is 3.61. The number of carbonyl (C=O) groups is 1. The van der Waals surface area contributed by atoms with E-state index in [2.05, 4.69) is 0 Å². The van der Waals surface area contributed by atoms with E-state index in [1.165, 1.54) is 0 Å². The number of carbonyl (C=O) groups excluding carboxylic acids is 1. The topological polar surface area (TPSA) is 34.1 Å². The first-order chi connectivity index (χ1) is 7.54. The molecule has 2 unspecified atom stereocenters. The lowest BCUT2D eigenvalue weighted by Gasteiger charge is -2.09. The molecule has 0 spiro atoms. The lowest BCUT2D eigenvalue weighted by molar-refractivity contribution is -0.118. The molecule has 0 amide bonds. The highest BCUT2D eigenvalue weighted by Gasteiger charge is 2.18. The van der Waals surface area contributed by atoms with Crippen molar-refractivity contribution in [3.05, 3.63) is 34.9 Å². The molecule has 0 radical (unpaired) electrons. The summed E-state index contributed by atoms with van der Waals surface area (Å²) in [5, 5.41) is 0.271. The van der Waals surface area contributed by atoms with E-state index in [1.807, 2.05) is 12.1 Å². The van der Waals surface area contributed by atoms with Gasteiger partial charge in [-0.2, -0.15) is 0 Å². The Kier molecular flexibility index (Phi) is 5.16. The molecule has 1 aromatic rings. The van der Waals surface area contributed by atoms with Crippen molar-refractivity contribution in [2.24, 2.45) is 0 Å². The molecule has 1 aromatic carbocycles. The Labute approximate surface area is 103 Å². The van der Waals surface area contributed by atoms with Gasteiger partial charge in [0.2, 0.25) is 0 Å². The summed E-state index contributed by atoms with van der Waals surface area (Å²) in [6.45, 7) is 3.51. The van der Waals surface area contributed by atoms with E-state index in [0.29, 0.717) is 17.2 Å². The van der Waals surface area contributed by atoms with Crippen LogP contribution in [0.2, 0.25) is 5.02 Å². The van der Waals surface area contributed by atoms with Crippen molar-refractivity contribution in [2.45, 2.75) is 31.3 Å². The smallest absolute Gasteiger partial charge is 0.147 e. The molecule has 88 valence electrons. The second-order valence-corrected chi connectivity index (χ2v) is 5.81. The van der Waals surface area contributed by atoms with E-state index >= 15 is 0 Å². The minimum atomic E-state index is -1.14. The van der Waals surface area contributed by atoms with Crippen molar-refractivity contribution in [1.82, 2.24) is 0 Å².